The van der Waals surface area contributed by atoms with Crippen LogP contribution in [0.2, 0.25) is 0 Å². The fraction of sp³-hybridized carbons (Fsp3) is 0.636. The minimum Gasteiger partial charge on any atom is -0.371 e. The third-order valence-corrected chi connectivity index (χ3v) is 2.87. The van der Waals surface area contributed by atoms with Crippen LogP contribution in [0.3, 0.4) is 0 Å². The second-order valence-electron chi connectivity index (χ2n) is 3.45. The second kappa shape index (κ2) is 7.01. The van der Waals surface area contributed by atoms with E-state index in [1.165, 1.54) is 0 Å². The molecule has 1 unspecified atom stereocenters. The van der Waals surface area contributed by atoms with Crippen molar-refractivity contribution in [3.63, 3.8) is 0 Å². The zero-order chi connectivity index (χ0) is 12.0. The molecule has 0 fully saturated rings. The fourth-order valence-electron chi connectivity index (χ4n) is 1.27. The summed E-state index contributed by atoms with van der Waals surface area (Å²) in [6, 6.07) is 0. The number of aromatic nitrogens is 2. The highest BCUT2D eigenvalue weighted by atomic mass is 127. The van der Waals surface area contributed by atoms with Crippen molar-refractivity contribution < 1.29 is 4.74 Å². The molecular formula is C11H18IN3O. The fourth-order valence-corrected chi connectivity index (χ4v) is 1.72. The van der Waals surface area contributed by atoms with Crippen LogP contribution in [0.15, 0.2) is 6.20 Å². The zero-order valence-corrected chi connectivity index (χ0v) is 12.1. The molecule has 1 rings (SSSR count). The van der Waals surface area contributed by atoms with E-state index < -0.39 is 0 Å². The number of rotatable bonds is 6. The number of ether oxygens (including phenoxy) is 1. The molecule has 0 spiro atoms. The van der Waals surface area contributed by atoms with Crippen molar-refractivity contribution in [2.45, 2.75) is 33.3 Å². The van der Waals surface area contributed by atoms with Crippen LogP contribution >= 0.6 is 22.6 Å². The maximum Gasteiger partial charge on any atom is 0.159 e. The summed E-state index contributed by atoms with van der Waals surface area (Å²) in [5, 5.41) is 3.29. The summed E-state index contributed by atoms with van der Waals surface area (Å²) < 4.78 is 6.51. The van der Waals surface area contributed by atoms with E-state index in [0.29, 0.717) is 6.61 Å². The Morgan fingerprint density at radius 1 is 1.50 bits per heavy atom. The van der Waals surface area contributed by atoms with Gasteiger partial charge in [0.2, 0.25) is 0 Å². The first-order chi connectivity index (χ1) is 7.69. The third kappa shape index (κ3) is 3.86. The summed E-state index contributed by atoms with van der Waals surface area (Å²) in [4.78, 5) is 8.76. The van der Waals surface area contributed by atoms with Crippen molar-refractivity contribution in [2.75, 3.05) is 18.5 Å². The van der Waals surface area contributed by atoms with Gasteiger partial charge in [-0.3, -0.25) is 0 Å². The molecular weight excluding hydrogens is 317 g/mol. The lowest BCUT2D eigenvalue weighted by molar-refractivity contribution is 0.0701. The molecule has 1 aromatic rings. The molecule has 1 N–H and O–H groups in total. The van der Waals surface area contributed by atoms with Gasteiger partial charge in [-0.2, -0.15) is 0 Å². The predicted molar refractivity (Wildman–Crippen MR) is 73.6 cm³/mol. The van der Waals surface area contributed by atoms with E-state index in [-0.39, 0.29) is 6.10 Å². The maximum absolute atomic E-state index is 5.47. The molecule has 0 saturated heterocycles. The molecule has 1 atom stereocenters. The van der Waals surface area contributed by atoms with E-state index in [0.717, 1.165) is 28.2 Å². The lowest BCUT2D eigenvalue weighted by atomic mass is 10.3. The van der Waals surface area contributed by atoms with Gasteiger partial charge in [0.15, 0.2) is 5.82 Å². The van der Waals surface area contributed by atoms with E-state index in [9.17, 15) is 0 Å². The van der Waals surface area contributed by atoms with Crippen LogP contribution in [-0.4, -0.2) is 23.1 Å². The molecule has 1 heterocycles. The molecule has 0 aliphatic heterocycles. The molecule has 1 aromatic heterocycles. The SMILES string of the molecule is CCCNc1nc(C(C)OCC)ncc1I. The van der Waals surface area contributed by atoms with Gasteiger partial charge in [0.25, 0.3) is 0 Å². The Balaban J connectivity index is 2.80. The second-order valence-corrected chi connectivity index (χ2v) is 4.61. The Kier molecular flexibility index (Phi) is 5.97. The molecule has 0 radical (unpaired) electrons. The van der Waals surface area contributed by atoms with Gasteiger partial charge >= 0.3 is 0 Å². The first-order valence-corrected chi connectivity index (χ1v) is 6.64. The molecule has 0 aliphatic carbocycles. The van der Waals surface area contributed by atoms with Crippen molar-refractivity contribution in [1.29, 1.82) is 0 Å². The summed E-state index contributed by atoms with van der Waals surface area (Å²) in [5.41, 5.74) is 0. The normalized spacial score (nSPS) is 12.5. The molecule has 90 valence electrons. The van der Waals surface area contributed by atoms with Gasteiger partial charge in [0.05, 0.1) is 3.57 Å². The lowest BCUT2D eigenvalue weighted by Gasteiger charge is -2.12. The van der Waals surface area contributed by atoms with Gasteiger partial charge in [0.1, 0.15) is 11.9 Å². The Morgan fingerprint density at radius 2 is 2.25 bits per heavy atom. The Morgan fingerprint density at radius 3 is 2.88 bits per heavy atom. The molecule has 4 nitrogen and oxygen atoms in total. The third-order valence-electron chi connectivity index (χ3n) is 2.09. The summed E-state index contributed by atoms with van der Waals surface area (Å²) in [7, 11) is 0. The highest BCUT2D eigenvalue weighted by molar-refractivity contribution is 14.1. The van der Waals surface area contributed by atoms with Gasteiger partial charge in [-0.15, -0.1) is 0 Å². The number of anilines is 1. The average molecular weight is 335 g/mol. The van der Waals surface area contributed by atoms with Crippen LogP contribution in [0, 0.1) is 3.57 Å². The molecule has 0 bridgehead atoms. The van der Waals surface area contributed by atoms with E-state index in [2.05, 4.69) is 44.8 Å². The molecule has 16 heavy (non-hydrogen) atoms. The van der Waals surface area contributed by atoms with Crippen LogP contribution in [0.4, 0.5) is 5.82 Å². The smallest absolute Gasteiger partial charge is 0.159 e. The molecule has 0 aliphatic rings. The van der Waals surface area contributed by atoms with Crippen molar-refractivity contribution in [3.05, 3.63) is 15.6 Å². The number of hydrogen-bond donors (Lipinski definition) is 1. The van der Waals surface area contributed by atoms with E-state index in [1.807, 2.05) is 20.0 Å². The predicted octanol–water partition coefficient (Wildman–Crippen LogP) is 3.00. The Hall–Kier alpha value is -0.430. The first kappa shape index (κ1) is 13.6. The van der Waals surface area contributed by atoms with Gasteiger partial charge in [-0.05, 0) is 42.9 Å². The standard InChI is InChI=1S/C11H18IN3O/c1-4-6-13-11-9(12)7-14-10(15-11)8(3)16-5-2/h7-8H,4-6H2,1-3H3,(H,13,14,15). The number of nitrogens with one attached hydrogen (secondary N) is 1. The average Bonchev–Trinajstić information content (AvgIpc) is 2.28. The highest BCUT2D eigenvalue weighted by Crippen LogP contribution is 2.18. The quantitative estimate of drug-likeness (QED) is 0.812. The van der Waals surface area contributed by atoms with E-state index in [1.54, 1.807) is 0 Å². The van der Waals surface area contributed by atoms with Gasteiger partial charge in [0, 0.05) is 19.3 Å². The minimum absolute atomic E-state index is 0.0517. The number of nitrogens with zero attached hydrogens (tertiary/aromatic N) is 2. The van der Waals surface area contributed by atoms with Crippen LogP contribution in [0.5, 0.6) is 0 Å². The van der Waals surface area contributed by atoms with Gasteiger partial charge < -0.3 is 10.1 Å². The zero-order valence-electron chi connectivity index (χ0n) is 9.96. The topological polar surface area (TPSA) is 47.0 Å². The van der Waals surface area contributed by atoms with Crippen LogP contribution < -0.4 is 5.32 Å². The molecule has 0 amide bonds. The van der Waals surface area contributed by atoms with E-state index >= 15 is 0 Å². The summed E-state index contributed by atoms with van der Waals surface area (Å²) in [6.45, 7) is 7.67. The van der Waals surface area contributed by atoms with Crippen molar-refractivity contribution in [2.24, 2.45) is 0 Å². The number of halogens is 1. The first-order valence-electron chi connectivity index (χ1n) is 5.56. The summed E-state index contributed by atoms with van der Waals surface area (Å²) in [6.07, 6.45) is 2.86. The lowest BCUT2D eigenvalue weighted by Crippen LogP contribution is -2.10. The number of hydrogen-bond acceptors (Lipinski definition) is 4. The van der Waals surface area contributed by atoms with Crippen molar-refractivity contribution >= 4 is 28.4 Å². The summed E-state index contributed by atoms with van der Waals surface area (Å²) in [5.74, 6) is 1.64. The van der Waals surface area contributed by atoms with Crippen LogP contribution in [0.25, 0.3) is 0 Å². The van der Waals surface area contributed by atoms with Crippen LogP contribution in [-0.2, 0) is 4.74 Å². The van der Waals surface area contributed by atoms with Crippen molar-refractivity contribution in [1.82, 2.24) is 9.97 Å². The largest absolute Gasteiger partial charge is 0.371 e. The van der Waals surface area contributed by atoms with Crippen molar-refractivity contribution in [3.8, 4) is 0 Å². The minimum atomic E-state index is -0.0517. The molecule has 5 heteroatoms. The maximum atomic E-state index is 5.47. The Labute approximate surface area is 110 Å². The van der Waals surface area contributed by atoms with Crippen LogP contribution in [0.1, 0.15) is 39.1 Å². The van der Waals surface area contributed by atoms with E-state index in [4.69, 9.17) is 4.74 Å². The molecule has 0 saturated carbocycles. The highest BCUT2D eigenvalue weighted by Gasteiger charge is 2.11. The van der Waals surface area contributed by atoms with Gasteiger partial charge in [-0.1, -0.05) is 6.92 Å². The van der Waals surface area contributed by atoms with Gasteiger partial charge in [-0.25, -0.2) is 9.97 Å². The molecule has 0 aromatic carbocycles. The summed E-state index contributed by atoms with van der Waals surface area (Å²) >= 11 is 2.23. The monoisotopic (exact) mass is 335 g/mol. The Bertz CT molecular complexity index is 333.